The fourth-order valence-electron chi connectivity index (χ4n) is 1.90. The summed E-state index contributed by atoms with van der Waals surface area (Å²) in [6, 6.07) is 8.81. The van der Waals surface area contributed by atoms with Gasteiger partial charge in [-0.15, -0.1) is 0 Å². The molecule has 2 aromatic heterocycles. The Balaban J connectivity index is 2.09. The van der Waals surface area contributed by atoms with Crippen molar-refractivity contribution in [2.45, 2.75) is 6.92 Å². The number of fused-ring (bicyclic) bond motifs is 1. The van der Waals surface area contributed by atoms with Crippen LogP contribution in [-0.2, 0) is 0 Å². The maximum absolute atomic E-state index is 9.71. The molecule has 2 heterocycles. The molecule has 100 valence electrons. The first-order valence-electron chi connectivity index (χ1n) is 6.02. The van der Waals surface area contributed by atoms with Gasteiger partial charge >= 0.3 is 0 Å². The van der Waals surface area contributed by atoms with Gasteiger partial charge in [-0.25, -0.2) is 4.98 Å². The number of phenolic OH excluding ortho intramolecular Hbond substituents is 1. The standard InChI is InChI=1S/C15H11BrN2O2/c1-9-12(19)3-2-4-13(9)20-14-5-6-17-11-7-10(16)8-18-15(11)14/h2-8,19H,1H3. The number of halogens is 1. The molecule has 0 radical (unpaired) electrons. The van der Waals surface area contributed by atoms with E-state index in [-0.39, 0.29) is 5.75 Å². The first kappa shape index (κ1) is 12.9. The van der Waals surface area contributed by atoms with Crippen LogP contribution in [0.25, 0.3) is 11.0 Å². The van der Waals surface area contributed by atoms with Crippen molar-refractivity contribution in [2.24, 2.45) is 0 Å². The van der Waals surface area contributed by atoms with E-state index >= 15 is 0 Å². The quantitative estimate of drug-likeness (QED) is 0.765. The molecule has 0 aliphatic carbocycles. The minimum absolute atomic E-state index is 0.205. The molecule has 0 saturated carbocycles. The molecule has 1 N–H and O–H groups in total. The zero-order chi connectivity index (χ0) is 14.1. The van der Waals surface area contributed by atoms with Crippen LogP contribution in [0.4, 0.5) is 0 Å². The largest absolute Gasteiger partial charge is 0.508 e. The molecular weight excluding hydrogens is 320 g/mol. The molecule has 0 bridgehead atoms. The van der Waals surface area contributed by atoms with Gasteiger partial charge in [0, 0.05) is 28.5 Å². The number of hydrogen-bond donors (Lipinski definition) is 1. The van der Waals surface area contributed by atoms with E-state index in [9.17, 15) is 5.11 Å². The van der Waals surface area contributed by atoms with Crippen molar-refractivity contribution in [3.05, 3.63) is 52.8 Å². The zero-order valence-electron chi connectivity index (χ0n) is 10.7. The van der Waals surface area contributed by atoms with Gasteiger partial charge in [0.1, 0.15) is 17.0 Å². The smallest absolute Gasteiger partial charge is 0.156 e. The molecule has 3 rings (SSSR count). The Bertz CT molecular complexity index is 790. The first-order valence-corrected chi connectivity index (χ1v) is 6.81. The highest BCUT2D eigenvalue weighted by Crippen LogP contribution is 2.33. The van der Waals surface area contributed by atoms with Crippen molar-refractivity contribution < 1.29 is 9.84 Å². The number of hydrogen-bond acceptors (Lipinski definition) is 4. The molecule has 0 atom stereocenters. The van der Waals surface area contributed by atoms with E-state index < -0.39 is 0 Å². The SMILES string of the molecule is Cc1c(O)cccc1Oc1ccnc2cc(Br)cnc12. The average Bonchev–Trinajstić information content (AvgIpc) is 2.44. The predicted octanol–water partition coefficient (Wildman–Crippen LogP) is 4.20. The van der Waals surface area contributed by atoms with Gasteiger partial charge < -0.3 is 9.84 Å². The number of aromatic hydroxyl groups is 1. The molecule has 5 heteroatoms. The van der Waals surface area contributed by atoms with Gasteiger partial charge in [-0.2, -0.15) is 0 Å². The molecule has 0 spiro atoms. The summed E-state index contributed by atoms with van der Waals surface area (Å²) < 4.78 is 6.73. The maximum atomic E-state index is 9.71. The molecule has 0 amide bonds. The van der Waals surface area contributed by atoms with Gasteiger partial charge in [-0.05, 0) is 41.1 Å². The highest BCUT2D eigenvalue weighted by molar-refractivity contribution is 9.10. The second kappa shape index (κ2) is 5.09. The van der Waals surface area contributed by atoms with Gasteiger partial charge in [0.15, 0.2) is 5.75 Å². The molecule has 4 nitrogen and oxygen atoms in total. The molecule has 1 aromatic carbocycles. The molecular formula is C15H11BrN2O2. The summed E-state index contributed by atoms with van der Waals surface area (Å²) in [6.45, 7) is 1.80. The van der Waals surface area contributed by atoms with Crippen LogP contribution in [0.5, 0.6) is 17.2 Å². The van der Waals surface area contributed by atoms with Crippen LogP contribution >= 0.6 is 15.9 Å². The molecule has 3 aromatic rings. The third kappa shape index (κ3) is 2.32. The van der Waals surface area contributed by atoms with Crippen LogP contribution in [0.3, 0.4) is 0 Å². The Kier molecular flexibility index (Phi) is 3.28. The number of ether oxygens (including phenoxy) is 1. The van der Waals surface area contributed by atoms with Crippen molar-refractivity contribution in [3.63, 3.8) is 0 Å². The Hall–Kier alpha value is -2.14. The lowest BCUT2D eigenvalue weighted by Gasteiger charge is -2.11. The van der Waals surface area contributed by atoms with Crippen molar-refractivity contribution >= 4 is 27.0 Å². The highest BCUT2D eigenvalue weighted by atomic mass is 79.9. The summed E-state index contributed by atoms with van der Waals surface area (Å²) in [6.07, 6.45) is 3.37. The van der Waals surface area contributed by atoms with Crippen LogP contribution in [0.2, 0.25) is 0 Å². The normalized spacial score (nSPS) is 10.7. The topological polar surface area (TPSA) is 55.2 Å². The minimum atomic E-state index is 0.205. The van der Waals surface area contributed by atoms with Crippen molar-refractivity contribution in [2.75, 3.05) is 0 Å². The third-order valence-corrected chi connectivity index (χ3v) is 3.42. The fraction of sp³-hybridized carbons (Fsp3) is 0.0667. The summed E-state index contributed by atoms with van der Waals surface area (Å²) >= 11 is 3.37. The number of benzene rings is 1. The zero-order valence-corrected chi connectivity index (χ0v) is 12.3. The Labute approximate surface area is 124 Å². The third-order valence-electron chi connectivity index (χ3n) is 2.98. The maximum Gasteiger partial charge on any atom is 0.156 e. The molecule has 0 aliphatic heterocycles. The van der Waals surface area contributed by atoms with Crippen LogP contribution in [0.1, 0.15) is 5.56 Å². The van der Waals surface area contributed by atoms with Crippen molar-refractivity contribution in [1.29, 1.82) is 0 Å². The molecule has 0 saturated heterocycles. The van der Waals surface area contributed by atoms with Crippen LogP contribution in [0.15, 0.2) is 47.2 Å². The van der Waals surface area contributed by atoms with E-state index in [0.29, 0.717) is 22.6 Å². The molecule has 0 aliphatic rings. The second-order valence-corrected chi connectivity index (χ2v) is 5.25. The van der Waals surface area contributed by atoms with Gasteiger partial charge in [-0.3, -0.25) is 4.98 Å². The van der Waals surface area contributed by atoms with E-state index in [1.807, 2.05) is 6.07 Å². The lowest BCUT2D eigenvalue weighted by atomic mass is 10.2. The lowest BCUT2D eigenvalue weighted by Crippen LogP contribution is -1.92. The first-order chi connectivity index (χ1) is 9.65. The van der Waals surface area contributed by atoms with Crippen LogP contribution in [-0.4, -0.2) is 15.1 Å². The summed E-state index contributed by atoms with van der Waals surface area (Å²) in [4.78, 5) is 8.59. The van der Waals surface area contributed by atoms with Gasteiger partial charge in [0.25, 0.3) is 0 Å². The second-order valence-electron chi connectivity index (χ2n) is 4.33. The monoisotopic (exact) mass is 330 g/mol. The molecule has 20 heavy (non-hydrogen) atoms. The van der Waals surface area contributed by atoms with Crippen LogP contribution in [0, 0.1) is 6.92 Å². The van der Waals surface area contributed by atoms with E-state index in [1.165, 1.54) is 0 Å². The van der Waals surface area contributed by atoms with E-state index in [0.717, 1.165) is 9.99 Å². The van der Waals surface area contributed by atoms with E-state index in [2.05, 4.69) is 25.9 Å². The van der Waals surface area contributed by atoms with Crippen molar-refractivity contribution in [3.8, 4) is 17.2 Å². The lowest BCUT2D eigenvalue weighted by molar-refractivity contribution is 0.450. The Morgan fingerprint density at radius 3 is 2.85 bits per heavy atom. The Morgan fingerprint density at radius 1 is 1.15 bits per heavy atom. The summed E-state index contributed by atoms with van der Waals surface area (Å²) in [7, 11) is 0. The average molecular weight is 331 g/mol. The number of rotatable bonds is 2. The molecule has 0 unspecified atom stereocenters. The van der Waals surface area contributed by atoms with Crippen LogP contribution < -0.4 is 4.74 Å². The number of nitrogens with zero attached hydrogens (tertiary/aromatic N) is 2. The predicted molar refractivity (Wildman–Crippen MR) is 80.2 cm³/mol. The van der Waals surface area contributed by atoms with Gasteiger partial charge in [0.2, 0.25) is 0 Å². The van der Waals surface area contributed by atoms with E-state index in [4.69, 9.17) is 4.74 Å². The van der Waals surface area contributed by atoms with Gasteiger partial charge in [0.05, 0.1) is 5.52 Å². The minimum Gasteiger partial charge on any atom is -0.508 e. The highest BCUT2D eigenvalue weighted by Gasteiger charge is 2.09. The number of aromatic nitrogens is 2. The number of phenols is 1. The number of pyridine rings is 2. The summed E-state index contributed by atoms with van der Waals surface area (Å²) in [5.74, 6) is 1.41. The molecule has 0 fully saturated rings. The van der Waals surface area contributed by atoms with Crippen molar-refractivity contribution in [1.82, 2.24) is 9.97 Å². The fourth-order valence-corrected chi connectivity index (χ4v) is 2.21. The summed E-state index contributed by atoms with van der Waals surface area (Å²) in [5, 5.41) is 9.71. The van der Waals surface area contributed by atoms with Gasteiger partial charge in [-0.1, -0.05) is 6.07 Å². The summed E-state index contributed by atoms with van der Waals surface area (Å²) in [5.41, 5.74) is 2.11. The van der Waals surface area contributed by atoms with E-state index in [1.54, 1.807) is 43.6 Å². The Morgan fingerprint density at radius 2 is 2.00 bits per heavy atom.